The van der Waals surface area contributed by atoms with Gasteiger partial charge in [-0.3, -0.25) is 14.6 Å². The molecule has 1 saturated heterocycles. The monoisotopic (exact) mass is 272 g/mol. The molecule has 0 aromatic rings. The van der Waals surface area contributed by atoms with Crippen molar-refractivity contribution < 1.29 is 19.1 Å². The SMILES string of the molecule is CCN(C(=O)C(C(=O)OC)C(C)C)N1CCOCC1. The number of rotatable bonds is 5. The number of nitrogens with zero attached hydrogens (tertiary/aromatic N) is 2. The third kappa shape index (κ3) is 3.91. The Kier molecular flexibility index (Phi) is 6.24. The highest BCUT2D eigenvalue weighted by atomic mass is 16.5. The highest BCUT2D eigenvalue weighted by Gasteiger charge is 2.36. The molecule has 0 bridgehead atoms. The van der Waals surface area contributed by atoms with Crippen molar-refractivity contribution in [2.24, 2.45) is 11.8 Å². The van der Waals surface area contributed by atoms with E-state index in [0.717, 1.165) is 0 Å². The molecule has 1 fully saturated rings. The largest absolute Gasteiger partial charge is 0.468 e. The molecule has 0 aromatic carbocycles. The van der Waals surface area contributed by atoms with Gasteiger partial charge in [0.2, 0.25) is 0 Å². The Morgan fingerprint density at radius 3 is 2.32 bits per heavy atom. The summed E-state index contributed by atoms with van der Waals surface area (Å²) in [6, 6.07) is 0. The fourth-order valence-corrected chi connectivity index (χ4v) is 2.24. The molecule has 1 atom stereocenters. The molecule has 1 unspecified atom stereocenters. The summed E-state index contributed by atoms with van der Waals surface area (Å²) in [5.41, 5.74) is 0. The summed E-state index contributed by atoms with van der Waals surface area (Å²) in [6.07, 6.45) is 0. The Labute approximate surface area is 114 Å². The van der Waals surface area contributed by atoms with Crippen molar-refractivity contribution >= 4 is 11.9 Å². The number of amides is 1. The van der Waals surface area contributed by atoms with E-state index in [9.17, 15) is 9.59 Å². The van der Waals surface area contributed by atoms with Crippen molar-refractivity contribution in [1.29, 1.82) is 0 Å². The van der Waals surface area contributed by atoms with Gasteiger partial charge in [-0.1, -0.05) is 13.8 Å². The van der Waals surface area contributed by atoms with E-state index < -0.39 is 11.9 Å². The lowest BCUT2D eigenvalue weighted by atomic mass is 9.95. The van der Waals surface area contributed by atoms with E-state index in [4.69, 9.17) is 9.47 Å². The summed E-state index contributed by atoms with van der Waals surface area (Å²) in [7, 11) is 1.32. The van der Waals surface area contributed by atoms with Crippen LogP contribution in [0.1, 0.15) is 20.8 Å². The molecule has 0 aliphatic carbocycles. The van der Waals surface area contributed by atoms with Gasteiger partial charge in [-0.05, 0) is 12.8 Å². The van der Waals surface area contributed by atoms with Crippen molar-refractivity contribution in [3.8, 4) is 0 Å². The van der Waals surface area contributed by atoms with E-state index in [-0.39, 0.29) is 11.8 Å². The van der Waals surface area contributed by atoms with Gasteiger partial charge in [0.1, 0.15) is 5.92 Å². The number of methoxy groups -OCH3 is 1. The molecule has 1 aliphatic heterocycles. The lowest BCUT2D eigenvalue weighted by Crippen LogP contribution is -2.54. The number of ether oxygens (including phenoxy) is 2. The average Bonchev–Trinajstić information content (AvgIpc) is 2.40. The molecule has 6 heteroatoms. The van der Waals surface area contributed by atoms with Crippen LogP contribution in [0.4, 0.5) is 0 Å². The van der Waals surface area contributed by atoms with Gasteiger partial charge in [0.25, 0.3) is 5.91 Å². The summed E-state index contributed by atoms with van der Waals surface area (Å²) in [5.74, 6) is -1.49. The highest BCUT2D eigenvalue weighted by molar-refractivity contribution is 5.97. The van der Waals surface area contributed by atoms with Gasteiger partial charge >= 0.3 is 5.97 Å². The van der Waals surface area contributed by atoms with E-state index in [1.54, 1.807) is 5.01 Å². The summed E-state index contributed by atoms with van der Waals surface area (Å²) in [6.45, 7) is 8.71. The van der Waals surface area contributed by atoms with Crippen LogP contribution in [-0.4, -0.2) is 61.9 Å². The molecule has 0 aromatic heterocycles. The maximum Gasteiger partial charge on any atom is 0.318 e. The molecule has 6 nitrogen and oxygen atoms in total. The number of esters is 1. The van der Waals surface area contributed by atoms with E-state index in [1.165, 1.54) is 7.11 Å². The fourth-order valence-electron chi connectivity index (χ4n) is 2.24. The first kappa shape index (κ1) is 15.9. The van der Waals surface area contributed by atoms with E-state index >= 15 is 0 Å². The molecular weight excluding hydrogens is 248 g/mol. The molecule has 19 heavy (non-hydrogen) atoms. The summed E-state index contributed by atoms with van der Waals surface area (Å²) < 4.78 is 10.0. The molecular formula is C13H24N2O4. The third-order valence-corrected chi connectivity index (χ3v) is 3.27. The second kappa shape index (κ2) is 7.45. The molecule has 1 rings (SSSR count). The molecule has 0 saturated carbocycles. The van der Waals surface area contributed by atoms with Crippen LogP contribution in [0.3, 0.4) is 0 Å². The molecule has 110 valence electrons. The van der Waals surface area contributed by atoms with Crippen LogP contribution in [-0.2, 0) is 19.1 Å². The second-order valence-electron chi connectivity index (χ2n) is 4.86. The number of hydrogen-bond acceptors (Lipinski definition) is 5. The predicted octanol–water partition coefficient (Wildman–Crippen LogP) is 0.527. The van der Waals surface area contributed by atoms with Gasteiger partial charge in [-0.2, -0.15) is 0 Å². The Hall–Kier alpha value is -1.14. The summed E-state index contributed by atoms with van der Waals surface area (Å²) in [4.78, 5) is 24.3. The first-order chi connectivity index (χ1) is 9.02. The van der Waals surface area contributed by atoms with Crippen LogP contribution in [0.5, 0.6) is 0 Å². The predicted molar refractivity (Wildman–Crippen MR) is 70.1 cm³/mol. The number of carbonyl (C=O) groups is 2. The molecule has 1 amide bonds. The minimum atomic E-state index is -0.743. The first-order valence-electron chi connectivity index (χ1n) is 6.74. The van der Waals surface area contributed by atoms with Gasteiger partial charge in [0, 0.05) is 19.6 Å². The van der Waals surface area contributed by atoms with Crippen molar-refractivity contribution in [2.75, 3.05) is 40.0 Å². The molecule has 1 heterocycles. The van der Waals surface area contributed by atoms with Gasteiger partial charge in [0.15, 0.2) is 0 Å². The normalized spacial score (nSPS) is 18.2. The Bertz CT molecular complexity index is 314. The zero-order valence-electron chi connectivity index (χ0n) is 12.2. The van der Waals surface area contributed by atoms with Crippen molar-refractivity contribution in [1.82, 2.24) is 10.0 Å². The Morgan fingerprint density at radius 1 is 1.32 bits per heavy atom. The molecule has 1 aliphatic rings. The molecule has 0 N–H and O–H groups in total. The van der Waals surface area contributed by atoms with Crippen molar-refractivity contribution in [3.05, 3.63) is 0 Å². The lowest BCUT2D eigenvalue weighted by molar-refractivity contribution is -0.170. The van der Waals surface area contributed by atoms with Crippen LogP contribution in [0.15, 0.2) is 0 Å². The minimum absolute atomic E-state index is 0.0879. The lowest BCUT2D eigenvalue weighted by Gasteiger charge is -2.38. The number of morpholine rings is 1. The minimum Gasteiger partial charge on any atom is -0.468 e. The number of hydrazine groups is 1. The maximum absolute atomic E-state index is 12.6. The third-order valence-electron chi connectivity index (χ3n) is 3.27. The Balaban J connectivity index is 2.82. The van der Waals surface area contributed by atoms with Gasteiger partial charge in [-0.15, -0.1) is 0 Å². The van der Waals surface area contributed by atoms with Crippen molar-refractivity contribution in [3.63, 3.8) is 0 Å². The van der Waals surface area contributed by atoms with Gasteiger partial charge < -0.3 is 9.47 Å². The Morgan fingerprint density at radius 2 is 1.89 bits per heavy atom. The topological polar surface area (TPSA) is 59.1 Å². The quantitative estimate of drug-likeness (QED) is 0.539. The summed E-state index contributed by atoms with van der Waals surface area (Å²) in [5, 5.41) is 3.59. The van der Waals surface area contributed by atoms with Crippen LogP contribution in [0.2, 0.25) is 0 Å². The van der Waals surface area contributed by atoms with Crippen LogP contribution < -0.4 is 0 Å². The average molecular weight is 272 g/mol. The van der Waals surface area contributed by atoms with E-state index in [2.05, 4.69) is 0 Å². The van der Waals surface area contributed by atoms with E-state index in [1.807, 2.05) is 25.8 Å². The second-order valence-corrected chi connectivity index (χ2v) is 4.86. The van der Waals surface area contributed by atoms with Crippen LogP contribution >= 0.6 is 0 Å². The van der Waals surface area contributed by atoms with Crippen LogP contribution in [0, 0.1) is 11.8 Å². The first-order valence-corrected chi connectivity index (χ1v) is 6.74. The van der Waals surface area contributed by atoms with Gasteiger partial charge in [0.05, 0.1) is 20.3 Å². The molecule has 0 radical (unpaired) electrons. The molecule has 0 spiro atoms. The summed E-state index contributed by atoms with van der Waals surface area (Å²) >= 11 is 0. The fraction of sp³-hybridized carbons (Fsp3) is 0.846. The van der Waals surface area contributed by atoms with E-state index in [0.29, 0.717) is 32.8 Å². The zero-order chi connectivity index (χ0) is 14.4. The number of carbonyl (C=O) groups excluding carboxylic acids is 2. The maximum atomic E-state index is 12.6. The van der Waals surface area contributed by atoms with Gasteiger partial charge in [-0.25, -0.2) is 5.01 Å². The van der Waals surface area contributed by atoms with Crippen molar-refractivity contribution in [2.45, 2.75) is 20.8 Å². The highest BCUT2D eigenvalue weighted by Crippen LogP contribution is 2.18. The number of hydrogen-bond donors (Lipinski definition) is 0. The smallest absolute Gasteiger partial charge is 0.318 e. The standard InChI is InChI=1S/C13H24N2O4/c1-5-15(14-6-8-19-9-7-14)12(16)11(10(2)3)13(17)18-4/h10-11H,5-9H2,1-4H3. The van der Waals surface area contributed by atoms with Crippen LogP contribution in [0.25, 0.3) is 0 Å². The zero-order valence-corrected chi connectivity index (χ0v) is 12.2.